The fourth-order valence-corrected chi connectivity index (χ4v) is 2.48. The molecule has 1 aliphatic heterocycles. The zero-order valence-electron chi connectivity index (χ0n) is 7.55. The quantitative estimate of drug-likeness (QED) is 0.649. The molecule has 1 aromatic rings. The Morgan fingerprint density at radius 3 is 3.15 bits per heavy atom. The maximum atomic E-state index is 6.06. The zero-order chi connectivity index (χ0) is 8.84. The van der Waals surface area contributed by atoms with Crippen molar-refractivity contribution >= 4 is 0 Å². The molecule has 0 saturated carbocycles. The van der Waals surface area contributed by atoms with Gasteiger partial charge in [0.1, 0.15) is 5.75 Å². The summed E-state index contributed by atoms with van der Waals surface area (Å²) in [6.45, 7) is 0.832. The third-order valence-corrected chi connectivity index (χ3v) is 3.11. The predicted octanol–water partition coefficient (Wildman–Crippen LogP) is 1.57. The van der Waals surface area contributed by atoms with Crippen LogP contribution in [0.5, 0.6) is 5.75 Å². The predicted molar refractivity (Wildman–Crippen MR) is 50.9 cm³/mol. The van der Waals surface area contributed by atoms with Gasteiger partial charge in [0.15, 0.2) is 0 Å². The normalized spacial score (nSPS) is 23.9. The number of nitrogens with two attached hydrogens (primary N) is 1. The number of hydrogen-bond acceptors (Lipinski definition) is 2. The average Bonchev–Trinajstić information content (AvgIpc) is 2.70. The first-order valence-electron chi connectivity index (χ1n) is 4.89. The summed E-state index contributed by atoms with van der Waals surface area (Å²) >= 11 is 0. The fraction of sp³-hybridized carbons (Fsp3) is 0.455. The highest BCUT2D eigenvalue weighted by atomic mass is 16.5. The van der Waals surface area contributed by atoms with Crippen LogP contribution in [0.3, 0.4) is 0 Å². The summed E-state index contributed by atoms with van der Waals surface area (Å²) in [6, 6.07) is 4.53. The lowest BCUT2D eigenvalue weighted by Gasteiger charge is -2.09. The molecule has 13 heavy (non-hydrogen) atoms. The van der Waals surface area contributed by atoms with Gasteiger partial charge in [-0.1, -0.05) is 6.07 Å². The van der Waals surface area contributed by atoms with Gasteiger partial charge in [0.05, 0.1) is 6.61 Å². The number of fused-ring (bicyclic) bond motifs is 3. The molecule has 3 rings (SSSR count). The smallest absolute Gasteiger partial charge is 0.122 e. The SMILES string of the molecule is NC1CCc2ccc3c(c21)CCO3. The maximum Gasteiger partial charge on any atom is 0.122 e. The monoisotopic (exact) mass is 175 g/mol. The van der Waals surface area contributed by atoms with Gasteiger partial charge in [0, 0.05) is 18.0 Å². The Hall–Kier alpha value is -1.02. The second kappa shape index (κ2) is 2.48. The van der Waals surface area contributed by atoms with Crippen molar-refractivity contribution in [1.82, 2.24) is 0 Å². The van der Waals surface area contributed by atoms with E-state index in [1.807, 2.05) is 0 Å². The number of ether oxygens (including phenoxy) is 1. The van der Waals surface area contributed by atoms with E-state index in [2.05, 4.69) is 12.1 Å². The van der Waals surface area contributed by atoms with Gasteiger partial charge in [-0.3, -0.25) is 0 Å². The van der Waals surface area contributed by atoms with Crippen LogP contribution in [0.15, 0.2) is 12.1 Å². The molecule has 2 heteroatoms. The largest absolute Gasteiger partial charge is 0.493 e. The minimum absolute atomic E-state index is 0.256. The van der Waals surface area contributed by atoms with E-state index < -0.39 is 0 Å². The van der Waals surface area contributed by atoms with Crippen LogP contribution in [0.2, 0.25) is 0 Å². The second-order valence-electron chi connectivity index (χ2n) is 3.86. The molecule has 68 valence electrons. The van der Waals surface area contributed by atoms with E-state index in [4.69, 9.17) is 10.5 Å². The number of hydrogen-bond donors (Lipinski definition) is 1. The van der Waals surface area contributed by atoms with E-state index in [9.17, 15) is 0 Å². The second-order valence-corrected chi connectivity index (χ2v) is 3.86. The molecule has 2 nitrogen and oxygen atoms in total. The van der Waals surface area contributed by atoms with Gasteiger partial charge in [-0.15, -0.1) is 0 Å². The Bertz CT molecular complexity index is 359. The summed E-state index contributed by atoms with van der Waals surface area (Å²) < 4.78 is 5.52. The highest BCUT2D eigenvalue weighted by Gasteiger charge is 2.26. The molecule has 0 aromatic heterocycles. The van der Waals surface area contributed by atoms with Crippen molar-refractivity contribution in [3.8, 4) is 5.75 Å². The first kappa shape index (κ1) is 7.39. The maximum absolute atomic E-state index is 6.06. The van der Waals surface area contributed by atoms with Gasteiger partial charge in [-0.25, -0.2) is 0 Å². The molecule has 0 fully saturated rings. The van der Waals surface area contributed by atoms with Crippen LogP contribution in [-0.4, -0.2) is 6.61 Å². The van der Waals surface area contributed by atoms with Crippen molar-refractivity contribution in [3.05, 3.63) is 28.8 Å². The van der Waals surface area contributed by atoms with Crippen molar-refractivity contribution in [1.29, 1.82) is 0 Å². The van der Waals surface area contributed by atoms with Crippen LogP contribution < -0.4 is 10.5 Å². The summed E-state index contributed by atoms with van der Waals surface area (Å²) in [5, 5.41) is 0. The van der Waals surface area contributed by atoms with Gasteiger partial charge in [-0.05, 0) is 30.0 Å². The van der Waals surface area contributed by atoms with Gasteiger partial charge >= 0.3 is 0 Å². The molecule has 0 saturated heterocycles. The number of rotatable bonds is 0. The average molecular weight is 175 g/mol. The molecular weight excluding hydrogens is 162 g/mol. The Morgan fingerprint density at radius 1 is 1.31 bits per heavy atom. The van der Waals surface area contributed by atoms with E-state index in [-0.39, 0.29) is 6.04 Å². The Labute approximate surface area is 77.7 Å². The summed E-state index contributed by atoms with van der Waals surface area (Å²) in [5.41, 5.74) is 10.3. The van der Waals surface area contributed by atoms with Gasteiger partial charge < -0.3 is 10.5 Å². The molecule has 0 radical (unpaired) electrons. The first-order valence-corrected chi connectivity index (χ1v) is 4.89. The Morgan fingerprint density at radius 2 is 2.23 bits per heavy atom. The van der Waals surface area contributed by atoms with Crippen LogP contribution >= 0.6 is 0 Å². The summed E-state index contributed by atoms with van der Waals surface area (Å²) in [6.07, 6.45) is 3.29. The highest BCUT2D eigenvalue weighted by Crippen LogP contribution is 2.39. The molecule has 2 aliphatic rings. The molecule has 1 heterocycles. The van der Waals surface area contributed by atoms with Crippen molar-refractivity contribution in [3.63, 3.8) is 0 Å². The first-order chi connectivity index (χ1) is 6.36. The minimum Gasteiger partial charge on any atom is -0.493 e. The van der Waals surface area contributed by atoms with E-state index in [1.165, 1.54) is 16.7 Å². The summed E-state index contributed by atoms with van der Waals surface area (Å²) in [5.74, 6) is 1.07. The van der Waals surface area contributed by atoms with E-state index >= 15 is 0 Å². The lowest BCUT2D eigenvalue weighted by atomic mass is 9.99. The molecule has 0 spiro atoms. The topological polar surface area (TPSA) is 35.2 Å². The standard InChI is InChI=1S/C11H13NO/c12-9-3-1-7-2-4-10-8(11(7)9)5-6-13-10/h2,4,9H,1,3,5-6,12H2. The Balaban J connectivity index is 2.23. The van der Waals surface area contributed by atoms with Crippen LogP contribution in [0.25, 0.3) is 0 Å². The number of aryl methyl sites for hydroxylation is 1. The fourth-order valence-electron chi connectivity index (χ4n) is 2.48. The van der Waals surface area contributed by atoms with Crippen LogP contribution in [0, 0.1) is 0 Å². The lowest BCUT2D eigenvalue weighted by molar-refractivity contribution is 0.357. The van der Waals surface area contributed by atoms with Gasteiger partial charge in [0.25, 0.3) is 0 Å². The molecule has 2 N–H and O–H groups in total. The molecule has 1 aromatic carbocycles. The molecule has 1 atom stereocenters. The van der Waals surface area contributed by atoms with E-state index in [0.29, 0.717) is 0 Å². The molecule has 0 bridgehead atoms. The van der Waals surface area contributed by atoms with Crippen LogP contribution in [0.1, 0.15) is 29.2 Å². The molecular formula is C11H13NO. The number of benzene rings is 1. The lowest BCUT2D eigenvalue weighted by Crippen LogP contribution is -2.07. The summed E-state index contributed by atoms with van der Waals surface area (Å²) in [7, 11) is 0. The van der Waals surface area contributed by atoms with Crippen molar-refractivity contribution in [2.75, 3.05) is 6.61 Å². The van der Waals surface area contributed by atoms with Crippen molar-refractivity contribution < 1.29 is 4.74 Å². The highest BCUT2D eigenvalue weighted by molar-refractivity contribution is 5.50. The summed E-state index contributed by atoms with van der Waals surface area (Å²) in [4.78, 5) is 0. The Kier molecular flexibility index (Phi) is 1.41. The zero-order valence-corrected chi connectivity index (χ0v) is 7.55. The van der Waals surface area contributed by atoms with Crippen molar-refractivity contribution in [2.24, 2.45) is 5.73 Å². The van der Waals surface area contributed by atoms with Gasteiger partial charge in [0.2, 0.25) is 0 Å². The van der Waals surface area contributed by atoms with Gasteiger partial charge in [-0.2, -0.15) is 0 Å². The van der Waals surface area contributed by atoms with Crippen molar-refractivity contribution in [2.45, 2.75) is 25.3 Å². The third-order valence-electron chi connectivity index (χ3n) is 3.11. The molecule has 1 unspecified atom stereocenters. The third kappa shape index (κ3) is 0.923. The molecule has 0 amide bonds. The van der Waals surface area contributed by atoms with E-state index in [0.717, 1.165) is 31.6 Å². The molecule has 1 aliphatic carbocycles. The minimum atomic E-state index is 0.256. The van der Waals surface area contributed by atoms with Crippen LogP contribution in [-0.2, 0) is 12.8 Å². The van der Waals surface area contributed by atoms with E-state index in [1.54, 1.807) is 0 Å². The van der Waals surface area contributed by atoms with Crippen LogP contribution in [0.4, 0.5) is 0 Å².